The monoisotopic (exact) mass is 243 g/mol. The Morgan fingerprint density at radius 2 is 2.11 bits per heavy atom. The van der Waals surface area contributed by atoms with Crippen LogP contribution in [-0.4, -0.2) is 23.8 Å². The van der Waals surface area contributed by atoms with Gasteiger partial charge in [0.15, 0.2) is 0 Å². The molecule has 1 saturated carbocycles. The number of aliphatic hydroxyl groups is 1. The number of benzene rings is 1. The Labute approximate surface area is 108 Å². The molecule has 3 aliphatic rings. The lowest BCUT2D eigenvalue weighted by Crippen LogP contribution is -2.61. The molecule has 0 spiro atoms. The molecule has 0 unspecified atom stereocenters. The molecular weight excluding hydrogens is 222 g/mol. The van der Waals surface area contributed by atoms with Crippen molar-refractivity contribution in [1.82, 2.24) is 5.32 Å². The molecule has 1 aromatic carbocycles. The Morgan fingerprint density at radius 3 is 3.06 bits per heavy atom. The van der Waals surface area contributed by atoms with Gasteiger partial charge in [0.2, 0.25) is 0 Å². The Bertz CT molecular complexity index is 472. The Balaban J connectivity index is 1.89. The fourth-order valence-corrected chi connectivity index (χ4v) is 4.90. The first-order valence-electron chi connectivity index (χ1n) is 7.29. The highest BCUT2D eigenvalue weighted by atomic mass is 16.3. The van der Waals surface area contributed by atoms with Gasteiger partial charge >= 0.3 is 0 Å². The first kappa shape index (κ1) is 11.0. The molecule has 0 radical (unpaired) electrons. The minimum absolute atomic E-state index is 0.0915. The molecule has 18 heavy (non-hydrogen) atoms. The summed E-state index contributed by atoms with van der Waals surface area (Å²) in [6, 6.07) is 9.58. The molecule has 2 nitrogen and oxygen atoms in total. The lowest BCUT2D eigenvalue weighted by Gasteiger charge is -2.56. The van der Waals surface area contributed by atoms with E-state index in [2.05, 4.69) is 29.6 Å². The first-order valence-corrected chi connectivity index (χ1v) is 7.29. The lowest BCUT2D eigenvalue weighted by molar-refractivity contribution is 0.00381. The van der Waals surface area contributed by atoms with E-state index in [-0.39, 0.29) is 11.5 Å². The van der Waals surface area contributed by atoms with Crippen LogP contribution in [0.5, 0.6) is 0 Å². The van der Waals surface area contributed by atoms with Gasteiger partial charge in [-0.3, -0.25) is 0 Å². The van der Waals surface area contributed by atoms with Crippen molar-refractivity contribution < 1.29 is 5.11 Å². The van der Waals surface area contributed by atoms with E-state index in [0.717, 1.165) is 25.3 Å². The van der Waals surface area contributed by atoms with E-state index < -0.39 is 0 Å². The Kier molecular flexibility index (Phi) is 2.33. The molecular formula is C16H21NO. The van der Waals surface area contributed by atoms with Crippen molar-refractivity contribution in [3.63, 3.8) is 0 Å². The molecule has 1 heterocycles. The van der Waals surface area contributed by atoms with Gasteiger partial charge in [-0.25, -0.2) is 0 Å². The normalized spacial score (nSPS) is 41.9. The topological polar surface area (TPSA) is 32.3 Å². The second kappa shape index (κ2) is 3.82. The molecule has 1 saturated heterocycles. The van der Waals surface area contributed by atoms with Gasteiger partial charge in [-0.1, -0.05) is 24.3 Å². The smallest absolute Gasteiger partial charge is 0.0549 e. The zero-order chi connectivity index (χ0) is 12.2. The average Bonchev–Trinajstić information content (AvgIpc) is 2.38. The molecule has 1 aliphatic heterocycles. The highest BCUT2D eigenvalue weighted by Crippen LogP contribution is 2.53. The van der Waals surface area contributed by atoms with Crippen LogP contribution < -0.4 is 5.32 Å². The predicted molar refractivity (Wildman–Crippen MR) is 71.6 cm³/mol. The summed E-state index contributed by atoms with van der Waals surface area (Å²) in [5.41, 5.74) is 3.33. The van der Waals surface area contributed by atoms with E-state index in [0.29, 0.717) is 6.04 Å². The maximum Gasteiger partial charge on any atom is 0.0549 e. The van der Waals surface area contributed by atoms with Crippen molar-refractivity contribution in [2.24, 2.45) is 5.92 Å². The minimum atomic E-state index is -0.0915. The maximum atomic E-state index is 10.2. The van der Waals surface area contributed by atoms with Gasteiger partial charge in [0.1, 0.15) is 0 Å². The van der Waals surface area contributed by atoms with Crippen LogP contribution in [0.25, 0.3) is 0 Å². The van der Waals surface area contributed by atoms with Crippen molar-refractivity contribution in [2.45, 2.75) is 49.7 Å². The van der Waals surface area contributed by atoms with Gasteiger partial charge in [0.25, 0.3) is 0 Å². The van der Waals surface area contributed by atoms with Crippen LogP contribution in [-0.2, 0) is 11.8 Å². The van der Waals surface area contributed by atoms with Crippen molar-refractivity contribution in [3.05, 3.63) is 35.4 Å². The molecule has 0 aromatic heterocycles. The maximum absolute atomic E-state index is 10.2. The molecule has 2 N–H and O–H groups in total. The molecule has 1 aromatic rings. The molecule has 96 valence electrons. The molecule has 4 atom stereocenters. The van der Waals surface area contributed by atoms with Crippen LogP contribution in [0.3, 0.4) is 0 Å². The molecule has 0 amide bonds. The SMILES string of the molecule is O[C@H]1CC[C@H]2[C@H]3Cc4ccccc4[C@@]2(CCN3)C1. The Morgan fingerprint density at radius 1 is 1.22 bits per heavy atom. The van der Waals surface area contributed by atoms with Crippen LogP contribution in [0.1, 0.15) is 36.8 Å². The van der Waals surface area contributed by atoms with Gasteiger partial charge in [-0.05, 0) is 55.7 Å². The van der Waals surface area contributed by atoms with E-state index >= 15 is 0 Å². The first-order chi connectivity index (χ1) is 8.79. The van der Waals surface area contributed by atoms with Crippen LogP contribution in [0.2, 0.25) is 0 Å². The van der Waals surface area contributed by atoms with Crippen LogP contribution in [0.15, 0.2) is 24.3 Å². The molecule has 2 fully saturated rings. The van der Waals surface area contributed by atoms with Crippen LogP contribution >= 0.6 is 0 Å². The highest BCUT2D eigenvalue weighted by molar-refractivity contribution is 5.41. The summed E-state index contributed by atoms with van der Waals surface area (Å²) in [5.74, 6) is 0.740. The molecule has 2 bridgehead atoms. The van der Waals surface area contributed by atoms with Gasteiger partial charge < -0.3 is 10.4 Å². The number of hydrogen-bond acceptors (Lipinski definition) is 2. The number of piperidine rings is 1. The van der Waals surface area contributed by atoms with Crippen molar-refractivity contribution in [3.8, 4) is 0 Å². The third kappa shape index (κ3) is 1.36. The second-order valence-corrected chi connectivity index (χ2v) is 6.37. The third-order valence-electron chi connectivity index (χ3n) is 5.58. The van der Waals surface area contributed by atoms with E-state index in [1.165, 1.54) is 24.8 Å². The zero-order valence-corrected chi connectivity index (χ0v) is 10.7. The quantitative estimate of drug-likeness (QED) is 0.730. The minimum Gasteiger partial charge on any atom is -0.393 e. The summed E-state index contributed by atoms with van der Waals surface area (Å²) in [7, 11) is 0. The summed E-state index contributed by atoms with van der Waals surface area (Å²) >= 11 is 0. The second-order valence-electron chi connectivity index (χ2n) is 6.37. The standard InChI is InChI=1S/C16H21NO/c18-12-5-6-14-15-9-11-3-1-2-4-13(11)16(14,10-12)7-8-17-15/h1-4,12,14-15,17-18H,5-10H2/t12-,14-,15+,16+/m0/s1. The van der Waals surface area contributed by atoms with E-state index in [1.54, 1.807) is 5.56 Å². The summed E-state index contributed by atoms with van der Waals surface area (Å²) in [4.78, 5) is 0. The highest BCUT2D eigenvalue weighted by Gasteiger charge is 2.52. The zero-order valence-electron chi connectivity index (χ0n) is 10.7. The summed E-state index contributed by atoms with van der Waals surface area (Å²) in [6.45, 7) is 1.11. The summed E-state index contributed by atoms with van der Waals surface area (Å²) in [6.07, 6.45) is 5.44. The van der Waals surface area contributed by atoms with Gasteiger partial charge in [-0.2, -0.15) is 0 Å². The number of rotatable bonds is 0. The lowest BCUT2D eigenvalue weighted by atomic mass is 9.52. The Hall–Kier alpha value is -0.860. The average molecular weight is 243 g/mol. The van der Waals surface area contributed by atoms with Crippen LogP contribution in [0, 0.1) is 5.92 Å². The number of hydrogen-bond donors (Lipinski definition) is 2. The molecule has 2 aliphatic carbocycles. The predicted octanol–water partition coefficient (Wildman–Crippen LogP) is 2.00. The fraction of sp³-hybridized carbons (Fsp3) is 0.625. The van der Waals surface area contributed by atoms with Gasteiger partial charge in [0, 0.05) is 11.5 Å². The molecule has 4 rings (SSSR count). The van der Waals surface area contributed by atoms with Crippen molar-refractivity contribution in [2.75, 3.05) is 6.54 Å². The summed E-state index contributed by atoms with van der Waals surface area (Å²) in [5, 5.41) is 13.9. The van der Waals surface area contributed by atoms with E-state index in [1.807, 2.05) is 0 Å². The van der Waals surface area contributed by atoms with Gasteiger partial charge in [0.05, 0.1) is 6.10 Å². The van der Waals surface area contributed by atoms with E-state index in [4.69, 9.17) is 0 Å². The van der Waals surface area contributed by atoms with Gasteiger partial charge in [-0.15, -0.1) is 0 Å². The van der Waals surface area contributed by atoms with Crippen molar-refractivity contribution >= 4 is 0 Å². The number of fused-ring (bicyclic) bond motifs is 1. The third-order valence-corrected chi connectivity index (χ3v) is 5.58. The number of nitrogens with one attached hydrogen (secondary N) is 1. The fourth-order valence-electron chi connectivity index (χ4n) is 4.90. The van der Waals surface area contributed by atoms with Crippen molar-refractivity contribution in [1.29, 1.82) is 0 Å². The van der Waals surface area contributed by atoms with Crippen LogP contribution in [0.4, 0.5) is 0 Å². The molecule has 2 heteroatoms. The van der Waals surface area contributed by atoms with E-state index in [9.17, 15) is 5.11 Å². The largest absolute Gasteiger partial charge is 0.393 e. The number of aliphatic hydroxyl groups excluding tert-OH is 1. The summed E-state index contributed by atoms with van der Waals surface area (Å²) < 4.78 is 0.